The Bertz CT molecular complexity index is 774. The lowest BCUT2D eigenvalue weighted by Crippen LogP contribution is -2.06. The van der Waals surface area contributed by atoms with Gasteiger partial charge in [-0.15, -0.1) is 0 Å². The highest BCUT2D eigenvalue weighted by molar-refractivity contribution is 6.30. The molecule has 0 radical (unpaired) electrons. The molecule has 23 heavy (non-hydrogen) atoms. The summed E-state index contributed by atoms with van der Waals surface area (Å²) in [5, 5.41) is 5.11. The first-order valence-corrected chi connectivity index (χ1v) is 8.03. The number of rotatable bonds is 7. The van der Waals surface area contributed by atoms with Gasteiger partial charge in [-0.1, -0.05) is 29.8 Å². The van der Waals surface area contributed by atoms with Gasteiger partial charge in [-0.2, -0.15) is 0 Å². The van der Waals surface area contributed by atoms with Gasteiger partial charge in [0, 0.05) is 17.0 Å². The number of ether oxygens (including phenoxy) is 1. The number of fused-ring (bicyclic) bond motifs is 1. The Balaban J connectivity index is 1.43. The fourth-order valence-electron chi connectivity index (χ4n) is 2.33. The van der Waals surface area contributed by atoms with Crippen LogP contribution in [0.15, 0.2) is 54.9 Å². The minimum atomic E-state index is 0.673. The summed E-state index contributed by atoms with van der Waals surface area (Å²) in [6, 6.07) is 15.5. The van der Waals surface area contributed by atoms with Gasteiger partial charge in [0.05, 0.1) is 12.1 Å². The van der Waals surface area contributed by atoms with Crippen molar-refractivity contribution >= 4 is 28.3 Å². The predicted octanol–water partition coefficient (Wildman–Crippen LogP) is 4.55. The zero-order valence-electron chi connectivity index (χ0n) is 12.7. The summed E-state index contributed by atoms with van der Waals surface area (Å²) in [5.41, 5.74) is 0.953. The molecule has 0 bridgehead atoms. The molecule has 1 aromatic heterocycles. The van der Waals surface area contributed by atoms with Crippen LogP contribution in [-0.4, -0.2) is 23.1 Å². The summed E-state index contributed by atoms with van der Waals surface area (Å²) < 4.78 is 5.67. The molecule has 0 saturated carbocycles. The lowest BCUT2D eigenvalue weighted by Gasteiger charge is -2.09. The number of hydrogen-bond donors (Lipinski definition) is 1. The zero-order valence-corrected chi connectivity index (χ0v) is 13.5. The quantitative estimate of drug-likeness (QED) is 0.646. The smallest absolute Gasteiger partial charge is 0.137 e. The van der Waals surface area contributed by atoms with E-state index in [2.05, 4.69) is 15.3 Å². The molecule has 3 aromatic rings. The van der Waals surface area contributed by atoms with Crippen molar-refractivity contribution in [3.63, 3.8) is 0 Å². The number of halogens is 1. The van der Waals surface area contributed by atoms with E-state index in [0.717, 1.165) is 41.9 Å². The molecule has 0 unspecified atom stereocenters. The highest BCUT2D eigenvalue weighted by atomic mass is 35.5. The van der Waals surface area contributed by atoms with E-state index < -0.39 is 0 Å². The van der Waals surface area contributed by atoms with Gasteiger partial charge in [-0.3, -0.25) is 0 Å². The van der Waals surface area contributed by atoms with Crippen molar-refractivity contribution in [1.82, 2.24) is 9.97 Å². The third kappa shape index (κ3) is 4.33. The second-order valence-electron chi connectivity index (χ2n) is 5.18. The zero-order chi connectivity index (χ0) is 15.9. The molecule has 1 heterocycles. The Morgan fingerprint density at radius 2 is 1.91 bits per heavy atom. The molecule has 0 aliphatic rings. The molecule has 1 N–H and O–H groups in total. The van der Waals surface area contributed by atoms with Crippen molar-refractivity contribution in [2.24, 2.45) is 0 Å². The van der Waals surface area contributed by atoms with Crippen LogP contribution in [0.1, 0.15) is 12.8 Å². The Labute approximate surface area is 140 Å². The summed E-state index contributed by atoms with van der Waals surface area (Å²) >= 11 is 5.92. The molecule has 3 rings (SSSR count). The van der Waals surface area contributed by atoms with Crippen molar-refractivity contribution < 1.29 is 4.74 Å². The van der Waals surface area contributed by atoms with Crippen molar-refractivity contribution in [3.05, 3.63) is 59.9 Å². The minimum absolute atomic E-state index is 0.673. The van der Waals surface area contributed by atoms with Gasteiger partial charge in [-0.05, 0) is 43.2 Å². The summed E-state index contributed by atoms with van der Waals surface area (Å²) in [7, 11) is 0. The maximum Gasteiger partial charge on any atom is 0.137 e. The monoisotopic (exact) mass is 327 g/mol. The number of aromatic nitrogens is 2. The van der Waals surface area contributed by atoms with Crippen LogP contribution in [0, 0.1) is 0 Å². The second-order valence-corrected chi connectivity index (χ2v) is 5.62. The summed E-state index contributed by atoms with van der Waals surface area (Å²) in [6.07, 6.45) is 3.55. The topological polar surface area (TPSA) is 47.0 Å². The third-order valence-electron chi connectivity index (χ3n) is 3.47. The number of para-hydroxylation sites is 1. The van der Waals surface area contributed by atoms with E-state index in [4.69, 9.17) is 16.3 Å². The van der Waals surface area contributed by atoms with Crippen LogP contribution in [0.25, 0.3) is 10.9 Å². The molecule has 4 nitrogen and oxygen atoms in total. The standard InChI is InChI=1S/C18H18ClN3O/c19-14-6-5-7-15(12-14)23-11-4-3-10-20-18-16-8-1-2-9-17(16)21-13-22-18/h1-2,5-9,12-13H,3-4,10-11H2,(H,20,21,22). The first-order chi connectivity index (χ1) is 11.3. The average molecular weight is 328 g/mol. The van der Waals surface area contributed by atoms with Gasteiger partial charge in [0.2, 0.25) is 0 Å². The lowest BCUT2D eigenvalue weighted by molar-refractivity contribution is 0.308. The molecule has 118 valence electrons. The van der Waals surface area contributed by atoms with Crippen LogP contribution in [0.2, 0.25) is 5.02 Å². The maximum atomic E-state index is 5.92. The number of nitrogens with one attached hydrogen (secondary N) is 1. The van der Waals surface area contributed by atoms with Gasteiger partial charge in [0.15, 0.2) is 0 Å². The lowest BCUT2D eigenvalue weighted by atomic mass is 10.2. The van der Waals surface area contributed by atoms with Gasteiger partial charge in [0.25, 0.3) is 0 Å². The van der Waals surface area contributed by atoms with Crippen molar-refractivity contribution in [2.45, 2.75) is 12.8 Å². The van der Waals surface area contributed by atoms with E-state index in [0.29, 0.717) is 11.6 Å². The Morgan fingerprint density at radius 3 is 2.83 bits per heavy atom. The van der Waals surface area contributed by atoms with Crippen LogP contribution < -0.4 is 10.1 Å². The van der Waals surface area contributed by atoms with Gasteiger partial charge in [0.1, 0.15) is 17.9 Å². The maximum absolute atomic E-state index is 5.92. The molecule has 0 spiro atoms. The fraction of sp³-hybridized carbons (Fsp3) is 0.222. The van der Waals surface area contributed by atoms with Crippen LogP contribution in [0.4, 0.5) is 5.82 Å². The van der Waals surface area contributed by atoms with E-state index in [1.807, 2.05) is 48.5 Å². The minimum Gasteiger partial charge on any atom is -0.494 e. The largest absolute Gasteiger partial charge is 0.494 e. The van der Waals surface area contributed by atoms with E-state index in [-0.39, 0.29) is 0 Å². The molecule has 0 saturated heterocycles. The summed E-state index contributed by atoms with van der Waals surface area (Å²) in [5.74, 6) is 1.69. The molecule has 0 amide bonds. The summed E-state index contributed by atoms with van der Waals surface area (Å²) in [4.78, 5) is 8.57. The highest BCUT2D eigenvalue weighted by Gasteiger charge is 2.01. The third-order valence-corrected chi connectivity index (χ3v) is 3.71. The highest BCUT2D eigenvalue weighted by Crippen LogP contribution is 2.19. The molecule has 5 heteroatoms. The molecule has 0 fully saturated rings. The first kappa shape index (κ1) is 15.6. The van der Waals surface area contributed by atoms with Gasteiger partial charge >= 0.3 is 0 Å². The second kappa shape index (κ2) is 7.79. The fourth-order valence-corrected chi connectivity index (χ4v) is 2.51. The van der Waals surface area contributed by atoms with Crippen LogP contribution in [0.3, 0.4) is 0 Å². The van der Waals surface area contributed by atoms with Crippen LogP contribution >= 0.6 is 11.6 Å². The Morgan fingerprint density at radius 1 is 1.00 bits per heavy atom. The predicted molar refractivity (Wildman–Crippen MR) is 94.2 cm³/mol. The molecule has 2 aromatic carbocycles. The number of unbranched alkanes of at least 4 members (excludes halogenated alkanes) is 1. The number of benzene rings is 2. The Kier molecular flexibility index (Phi) is 5.27. The van der Waals surface area contributed by atoms with Crippen molar-refractivity contribution in [2.75, 3.05) is 18.5 Å². The van der Waals surface area contributed by atoms with E-state index >= 15 is 0 Å². The van der Waals surface area contributed by atoms with Gasteiger partial charge in [-0.25, -0.2) is 9.97 Å². The van der Waals surface area contributed by atoms with Gasteiger partial charge < -0.3 is 10.1 Å². The Hall–Kier alpha value is -2.33. The molecule has 0 aliphatic heterocycles. The van der Waals surface area contributed by atoms with E-state index in [9.17, 15) is 0 Å². The number of hydrogen-bond acceptors (Lipinski definition) is 4. The van der Waals surface area contributed by atoms with Crippen LogP contribution in [0.5, 0.6) is 5.75 Å². The summed E-state index contributed by atoms with van der Waals surface area (Å²) in [6.45, 7) is 1.52. The number of nitrogens with zero attached hydrogens (tertiary/aromatic N) is 2. The van der Waals surface area contributed by atoms with Crippen LogP contribution in [-0.2, 0) is 0 Å². The molecular weight excluding hydrogens is 310 g/mol. The molecule has 0 aliphatic carbocycles. The number of anilines is 1. The van der Waals surface area contributed by atoms with E-state index in [1.165, 1.54) is 0 Å². The van der Waals surface area contributed by atoms with Crippen molar-refractivity contribution in [3.8, 4) is 5.75 Å². The SMILES string of the molecule is Clc1cccc(OCCCCNc2ncnc3ccccc23)c1. The normalized spacial score (nSPS) is 10.7. The molecule has 0 atom stereocenters. The molecular formula is C18H18ClN3O. The van der Waals surface area contributed by atoms with Crippen molar-refractivity contribution in [1.29, 1.82) is 0 Å². The first-order valence-electron chi connectivity index (χ1n) is 7.65. The average Bonchev–Trinajstić information content (AvgIpc) is 2.58. The van der Waals surface area contributed by atoms with E-state index in [1.54, 1.807) is 6.33 Å².